The lowest BCUT2D eigenvalue weighted by molar-refractivity contribution is -0.161. The second-order valence-corrected chi connectivity index (χ2v) is 29.3. The average Bonchev–Trinajstić information content (AvgIpc) is 0.911. The number of aliphatic hydroxyl groups is 2. The maximum Gasteiger partial charge on any atom is 0.472 e. The first-order chi connectivity index (χ1) is 51.2. The molecule has 0 spiro atoms. The molecule has 0 bridgehead atoms. The van der Waals surface area contributed by atoms with Gasteiger partial charge in [0.05, 0.1) is 26.4 Å². The van der Waals surface area contributed by atoms with Crippen molar-refractivity contribution in [1.29, 1.82) is 0 Å². The number of phosphoric ester groups is 2. The number of hydrogen-bond donors (Lipinski definition) is 4. The molecule has 16 nitrogen and oxygen atoms in total. The van der Waals surface area contributed by atoms with E-state index in [-0.39, 0.29) is 19.3 Å². The molecule has 0 amide bonds. The minimum absolute atomic E-state index is 0.0660. The van der Waals surface area contributed by atoms with Gasteiger partial charge in [-0.1, -0.05) is 306 Å². The van der Waals surface area contributed by atoms with Crippen molar-refractivity contribution in [1.82, 2.24) is 0 Å². The highest BCUT2D eigenvalue weighted by Gasteiger charge is 2.29. The van der Waals surface area contributed by atoms with Crippen LogP contribution in [0.25, 0.3) is 0 Å². The number of phosphoric acid groups is 2. The molecule has 598 valence electrons. The first-order valence-electron chi connectivity index (χ1n) is 40.4. The lowest BCUT2D eigenvalue weighted by Crippen LogP contribution is -2.30. The van der Waals surface area contributed by atoms with Crippen LogP contribution in [0.5, 0.6) is 0 Å². The van der Waals surface area contributed by atoms with Gasteiger partial charge < -0.3 is 34.2 Å². The SMILES string of the molecule is CC/C=C\C/C=C\C/C=C\C/C=C\C/C=C\C/C=C\CCCCCCCCCCCCCCCCCCC(=O)OCC(O)COP(=O)(O)OCC(O)COP(=O)(O)OCC(COC(=O)CCCCCC/C=C\C/C=C\C/C=C\C/C=C\CC)OC(=O)CCCCCC/C=C\C/C=C\C/C=C\C/C=C\CC. The summed E-state index contributed by atoms with van der Waals surface area (Å²) < 4.78 is 61.1. The summed E-state index contributed by atoms with van der Waals surface area (Å²) in [7, 11) is -9.81. The summed E-state index contributed by atoms with van der Waals surface area (Å²) in [5, 5.41) is 20.6. The van der Waals surface area contributed by atoms with Crippen molar-refractivity contribution in [3.05, 3.63) is 170 Å². The van der Waals surface area contributed by atoms with Crippen molar-refractivity contribution < 1.29 is 75.8 Å². The van der Waals surface area contributed by atoms with Crippen molar-refractivity contribution in [3.63, 3.8) is 0 Å². The molecule has 0 fully saturated rings. The number of aliphatic hydroxyl groups excluding tert-OH is 2. The fourth-order valence-electron chi connectivity index (χ4n) is 10.4. The molecule has 0 saturated heterocycles. The summed E-state index contributed by atoms with van der Waals surface area (Å²) in [5.41, 5.74) is 0. The van der Waals surface area contributed by atoms with E-state index < -0.39 is 91.5 Å². The van der Waals surface area contributed by atoms with Gasteiger partial charge in [0.15, 0.2) is 6.10 Å². The van der Waals surface area contributed by atoms with Gasteiger partial charge in [-0.25, -0.2) is 9.13 Å². The summed E-state index contributed by atoms with van der Waals surface area (Å²) in [4.78, 5) is 58.6. The third-order valence-corrected chi connectivity index (χ3v) is 18.3. The molecule has 105 heavy (non-hydrogen) atoms. The lowest BCUT2D eigenvalue weighted by Gasteiger charge is -2.21. The molecule has 18 heteroatoms. The number of ether oxygens (including phenoxy) is 3. The van der Waals surface area contributed by atoms with Crippen molar-refractivity contribution >= 4 is 33.6 Å². The van der Waals surface area contributed by atoms with Crippen molar-refractivity contribution in [3.8, 4) is 0 Å². The van der Waals surface area contributed by atoms with E-state index in [2.05, 4.69) is 191 Å². The minimum atomic E-state index is -4.95. The Morgan fingerprint density at radius 1 is 0.267 bits per heavy atom. The summed E-state index contributed by atoms with van der Waals surface area (Å²) >= 11 is 0. The van der Waals surface area contributed by atoms with Gasteiger partial charge in [-0.05, 0) is 148 Å². The Labute approximate surface area is 637 Å². The minimum Gasteiger partial charge on any atom is -0.463 e. The number of carbonyl (C=O) groups is 3. The van der Waals surface area contributed by atoms with Gasteiger partial charge in [0, 0.05) is 19.3 Å². The normalized spacial score (nSPS) is 14.8. The summed E-state index contributed by atoms with van der Waals surface area (Å²) in [6.45, 7) is 2.27. The van der Waals surface area contributed by atoms with Gasteiger partial charge in [-0.2, -0.15) is 0 Å². The molecule has 0 saturated carbocycles. The molecule has 0 aliphatic rings. The molecule has 0 aliphatic carbocycles. The highest BCUT2D eigenvalue weighted by Crippen LogP contribution is 2.45. The number of rotatable bonds is 75. The van der Waals surface area contributed by atoms with Crippen LogP contribution >= 0.6 is 15.6 Å². The van der Waals surface area contributed by atoms with E-state index in [1.807, 2.05) is 0 Å². The fourth-order valence-corrected chi connectivity index (χ4v) is 12.0. The second kappa shape index (κ2) is 78.5. The van der Waals surface area contributed by atoms with Crippen LogP contribution in [-0.2, 0) is 55.8 Å². The lowest BCUT2D eigenvalue weighted by atomic mass is 10.0. The molecular formula is C87H144O16P2. The first-order valence-corrected chi connectivity index (χ1v) is 43.4. The van der Waals surface area contributed by atoms with Crippen molar-refractivity contribution in [2.24, 2.45) is 0 Å². The van der Waals surface area contributed by atoms with E-state index in [0.29, 0.717) is 19.3 Å². The van der Waals surface area contributed by atoms with Crippen LogP contribution in [0, 0.1) is 0 Å². The number of hydrogen-bond acceptors (Lipinski definition) is 14. The van der Waals surface area contributed by atoms with E-state index in [1.165, 1.54) is 83.5 Å². The maximum absolute atomic E-state index is 13.0. The number of carbonyl (C=O) groups excluding carboxylic acids is 3. The molecule has 0 aromatic carbocycles. The predicted molar refractivity (Wildman–Crippen MR) is 435 cm³/mol. The Morgan fingerprint density at radius 2 is 0.476 bits per heavy atom. The molecule has 5 atom stereocenters. The third-order valence-electron chi connectivity index (χ3n) is 16.4. The van der Waals surface area contributed by atoms with E-state index >= 15 is 0 Å². The number of unbranched alkanes of at least 4 members (excludes halogenated alkanes) is 24. The summed E-state index contributed by atoms with van der Waals surface area (Å²) in [6.07, 6.45) is 99.9. The highest BCUT2D eigenvalue weighted by atomic mass is 31.2. The smallest absolute Gasteiger partial charge is 0.463 e. The topological polar surface area (TPSA) is 231 Å². The number of allylic oxidation sites excluding steroid dienone is 28. The zero-order valence-electron chi connectivity index (χ0n) is 65.3. The van der Waals surface area contributed by atoms with Gasteiger partial charge in [0.2, 0.25) is 0 Å². The monoisotopic (exact) mass is 1510 g/mol. The first kappa shape index (κ1) is 99.9. The molecule has 0 rings (SSSR count). The Kier molecular flexibility index (Phi) is 74.7. The number of esters is 3. The molecule has 0 radical (unpaired) electrons. The predicted octanol–water partition coefficient (Wildman–Crippen LogP) is 24.0. The van der Waals surface area contributed by atoms with E-state index in [1.54, 1.807) is 0 Å². The van der Waals surface area contributed by atoms with Gasteiger partial charge >= 0.3 is 33.6 Å². The fraction of sp³-hybridized carbons (Fsp3) is 0.644. The third kappa shape index (κ3) is 79.8. The van der Waals surface area contributed by atoms with Crippen LogP contribution in [0.2, 0.25) is 0 Å². The Morgan fingerprint density at radius 3 is 0.752 bits per heavy atom. The summed E-state index contributed by atoms with van der Waals surface area (Å²) in [5.74, 6) is -1.64. The molecule has 0 aliphatic heterocycles. The van der Waals surface area contributed by atoms with E-state index in [4.69, 9.17) is 32.3 Å². The maximum atomic E-state index is 13.0. The zero-order chi connectivity index (χ0) is 76.6. The van der Waals surface area contributed by atoms with Crippen LogP contribution in [0.4, 0.5) is 0 Å². The van der Waals surface area contributed by atoms with Crippen LogP contribution in [-0.4, -0.2) is 95.9 Å². The van der Waals surface area contributed by atoms with Gasteiger partial charge in [-0.15, -0.1) is 0 Å². The molecule has 5 unspecified atom stereocenters. The second-order valence-electron chi connectivity index (χ2n) is 26.4. The van der Waals surface area contributed by atoms with Crippen LogP contribution < -0.4 is 0 Å². The van der Waals surface area contributed by atoms with Crippen LogP contribution in [0.3, 0.4) is 0 Å². The van der Waals surface area contributed by atoms with Gasteiger partial charge in [0.1, 0.15) is 25.4 Å². The van der Waals surface area contributed by atoms with Gasteiger partial charge in [-0.3, -0.25) is 32.5 Å². The molecule has 0 aromatic rings. The molecule has 0 heterocycles. The summed E-state index contributed by atoms with van der Waals surface area (Å²) in [6, 6.07) is 0. The standard InChI is InChI=1S/C87H144O16P2/c1-4-7-10-13-16-19-22-25-28-31-32-33-34-35-36-37-38-39-40-41-42-43-44-45-46-47-48-51-53-55-58-61-64-67-70-73-85(90)97-76-82(88)77-99-104(93,94)100-78-83(89)79-101-105(95,96)102-81-84(103-87(92)75-72-69-66-63-60-57-54-50-30-27-24-21-18-15-12-9-6-3)80-98-86(91)74-71-68-65-62-59-56-52-49-29-26-23-20-17-14-11-8-5-2/h7-12,16-21,25-30,32-33,35-36,38-39,52,54,56-57,82-84,88-89H,4-6,13-15,22-24,31,34,37,40-51,53,55,58-81H2,1-3H3,(H,93,94)(H,95,96)/b10-7-,11-8-,12-9-,19-16-,20-17-,21-18-,28-25-,29-26-,30-27-,33-32-,36-35-,39-38-,56-52-,57-54-. The zero-order valence-corrected chi connectivity index (χ0v) is 67.1. The van der Waals surface area contributed by atoms with Crippen LogP contribution in [0.1, 0.15) is 303 Å². The van der Waals surface area contributed by atoms with Gasteiger partial charge in [0.25, 0.3) is 0 Å². The van der Waals surface area contributed by atoms with E-state index in [9.17, 15) is 43.5 Å². The Balaban J connectivity index is 4.46. The molecule has 0 aromatic heterocycles. The molecular weight excluding hydrogens is 1360 g/mol. The van der Waals surface area contributed by atoms with E-state index in [0.717, 1.165) is 161 Å². The Bertz CT molecular complexity index is 2590. The van der Waals surface area contributed by atoms with Crippen molar-refractivity contribution in [2.45, 2.75) is 322 Å². The quantitative estimate of drug-likeness (QED) is 0.0146. The largest absolute Gasteiger partial charge is 0.472 e. The highest BCUT2D eigenvalue weighted by molar-refractivity contribution is 7.47. The Hall–Kier alpha value is -5.09. The average molecular weight is 1510 g/mol. The van der Waals surface area contributed by atoms with Crippen molar-refractivity contribution in [2.75, 3.05) is 39.6 Å². The molecule has 4 N–H and O–H groups in total. The van der Waals surface area contributed by atoms with Crippen LogP contribution in [0.15, 0.2) is 170 Å².